The standard InChI is InChI=1S/C23H19FN4O4S/c1-12-26-16-8-9-18(31-2)20(21(16)33-12)23(30)28-17-11-25-19(32-3)10-15(17)22(29)27-14-6-4-13(24)5-7-14/h4-11H,1-3H3,(H,27,29)(H,28,30). The average Bonchev–Trinajstić information content (AvgIpc) is 3.20. The lowest BCUT2D eigenvalue weighted by Crippen LogP contribution is -2.19. The number of hydrogen-bond acceptors (Lipinski definition) is 7. The minimum Gasteiger partial charge on any atom is -0.496 e. The maximum absolute atomic E-state index is 13.3. The van der Waals surface area contributed by atoms with E-state index in [-0.39, 0.29) is 17.1 Å². The molecule has 0 bridgehead atoms. The van der Waals surface area contributed by atoms with Crippen LogP contribution in [-0.2, 0) is 0 Å². The topological polar surface area (TPSA) is 102 Å². The van der Waals surface area contributed by atoms with Gasteiger partial charge in [0.2, 0.25) is 5.88 Å². The van der Waals surface area contributed by atoms with Crippen LogP contribution >= 0.6 is 11.3 Å². The molecule has 0 radical (unpaired) electrons. The second-order valence-corrected chi connectivity index (χ2v) is 8.11. The van der Waals surface area contributed by atoms with Gasteiger partial charge in [-0.15, -0.1) is 11.3 Å². The highest BCUT2D eigenvalue weighted by atomic mass is 32.1. The number of hydrogen-bond donors (Lipinski definition) is 2. The molecule has 0 aliphatic rings. The maximum Gasteiger partial charge on any atom is 0.261 e. The molecule has 4 aromatic rings. The van der Waals surface area contributed by atoms with Crippen molar-refractivity contribution < 1.29 is 23.5 Å². The number of fused-ring (bicyclic) bond motifs is 1. The first-order valence-corrected chi connectivity index (χ1v) is 10.6. The van der Waals surface area contributed by atoms with Crippen LogP contribution in [0.3, 0.4) is 0 Å². The van der Waals surface area contributed by atoms with E-state index >= 15 is 0 Å². The Morgan fingerprint density at radius 2 is 1.76 bits per heavy atom. The molecule has 0 spiro atoms. The molecule has 10 heteroatoms. The van der Waals surface area contributed by atoms with E-state index in [2.05, 4.69) is 20.6 Å². The first-order chi connectivity index (χ1) is 15.9. The molecule has 0 atom stereocenters. The molecule has 0 aliphatic carbocycles. The van der Waals surface area contributed by atoms with Gasteiger partial charge in [0.25, 0.3) is 11.8 Å². The second-order valence-electron chi connectivity index (χ2n) is 6.91. The van der Waals surface area contributed by atoms with Gasteiger partial charge >= 0.3 is 0 Å². The Kier molecular flexibility index (Phi) is 6.18. The van der Waals surface area contributed by atoms with Crippen molar-refractivity contribution in [3.05, 3.63) is 70.6 Å². The number of nitrogens with zero attached hydrogens (tertiary/aromatic N) is 2. The lowest BCUT2D eigenvalue weighted by molar-refractivity contribution is 0.102. The number of ether oxygens (including phenoxy) is 2. The molecule has 168 valence electrons. The summed E-state index contributed by atoms with van der Waals surface area (Å²) in [4.78, 5) is 34.8. The van der Waals surface area contributed by atoms with E-state index in [1.807, 2.05) is 6.92 Å². The molecule has 0 aliphatic heterocycles. The monoisotopic (exact) mass is 466 g/mol. The van der Waals surface area contributed by atoms with Gasteiger partial charge in [0.05, 0.1) is 46.9 Å². The number of aryl methyl sites for hydroxylation is 1. The minimum atomic E-state index is -0.531. The SMILES string of the molecule is COc1cc(C(=O)Nc2ccc(F)cc2)c(NC(=O)c2c(OC)ccc3nc(C)sc23)cn1. The van der Waals surface area contributed by atoms with E-state index in [4.69, 9.17) is 9.47 Å². The molecule has 2 aromatic heterocycles. The van der Waals surface area contributed by atoms with Crippen LogP contribution < -0.4 is 20.1 Å². The lowest BCUT2D eigenvalue weighted by atomic mass is 10.1. The number of anilines is 2. The quantitative estimate of drug-likeness (QED) is 0.429. The van der Waals surface area contributed by atoms with Crippen molar-refractivity contribution in [2.45, 2.75) is 6.92 Å². The van der Waals surface area contributed by atoms with Crippen molar-refractivity contribution in [1.82, 2.24) is 9.97 Å². The Bertz CT molecular complexity index is 1350. The second kappa shape index (κ2) is 9.21. The van der Waals surface area contributed by atoms with Crippen molar-refractivity contribution in [3.63, 3.8) is 0 Å². The van der Waals surface area contributed by atoms with Gasteiger partial charge < -0.3 is 20.1 Å². The summed E-state index contributed by atoms with van der Waals surface area (Å²) in [5, 5.41) is 6.23. The van der Waals surface area contributed by atoms with Crippen molar-refractivity contribution in [2.24, 2.45) is 0 Å². The summed E-state index contributed by atoms with van der Waals surface area (Å²) in [5.41, 5.74) is 1.65. The predicted molar refractivity (Wildman–Crippen MR) is 124 cm³/mol. The number of thiazole rings is 1. The Hall–Kier alpha value is -4.05. The smallest absolute Gasteiger partial charge is 0.261 e. The number of nitrogens with one attached hydrogen (secondary N) is 2. The summed E-state index contributed by atoms with van der Waals surface area (Å²) >= 11 is 1.37. The van der Waals surface area contributed by atoms with E-state index in [1.54, 1.807) is 12.1 Å². The average molecular weight is 466 g/mol. The van der Waals surface area contributed by atoms with E-state index in [9.17, 15) is 14.0 Å². The van der Waals surface area contributed by atoms with Crippen LogP contribution in [-0.4, -0.2) is 36.0 Å². The summed E-state index contributed by atoms with van der Waals surface area (Å²) in [5.74, 6) is -0.870. The van der Waals surface area contributed by atoms with Gasteiger partial charge in [0, 0.05) is 11.8 Å². The number of halogens is 1. The van der Waals surface area contributed by atoms with Crippen molar-refractivity contribution in [3.8, 4) is 11.6 Å². The number of amides is 2. The summed E-state index contributed by atoms with van der Waals surface area (Å²) in [6, 6.07) is 10.2. The van der Waals surface area contributed by atoms with Gasteiger partial charge in [-0.2, -0.15) is 0 Å². The molecule has 0 saturated heterocycles. The third-order valence-corrected chi connectivity index (χ3v) is 5.76. The van der Waals surface area contributed by atoms with Crippen molar-refractivity contribution in [1.29, 1.82) is 0 Å². The van der Waals surface area contributed by atoms with E-state index in [0.29, 0.717) is 27.2 Å². The Morgan fingerprint density at radius 1 is 1.00 bits per heavy atom. The molecule has 0 fully saturated rings. The zero-order chi connectivity index (χ0) is 23.5. The summed E-state index contributed by atoms with van der Waals surface area (Å²) in [6.45, 7) is 1.85. The van der Waals surface area contributed by atoms with Crippen LogP contribution in [0.5, 0.6) is 11.6 Å². The molecule has 4 rings (SSSR count). The lowest BCUT2D eigenvalue weighted by Gasteiger charge is -2.14. The zero-order valence-corrected chi connectivity index (χ0v) is 18.7. The van der Waals surface area contributed by atoms with Crippen molar-refractivity contribution >= 4 is 44.7 Å². The predicted octanol–water partition coefficient (Wildman–Crippen LogP) is 4.66. The normalized spacial score (nSPS) is 10.7. The third kappa shape index (κ3) is 4.60. The minimum absolute atomic E-state index is 0.117. The molecule has 8 nitrogen and oxygen atoms in total. The fraction of sp³-hybridized carbons (Fsp3) is 0.130. The fourth-order valence-electron chi connectivity index (χ4n) is 3.22. The fourth-order valence-corrected chi connectivity index (χ4v) is 4.18. The van der Waals surface area contributed by atoms with E-state index in [0.717, 1.165) is 5.01 Å². The van der Waals surface area contributed by atoms with Gasteiger partial charge in [-0.1, -0.05) is 0 Å². The number of methoxy groups -OCH3 is 2. The highest BCUT2D eigenvalue weighted by Crippen LogP contribution is 2.33. The summed E-state index contributed by atoms with van der Waals surface area (Å²) < 4.78 is 24.4. The molecular formula is C23H19FN4O4S. The Labute approximate surface area is 192 Å². The summed E-state index contributed by atoms with van der Waals surface area (Å²) in [6.07, 6.45) is 1.33. The Balaban J connectivity index is 1.70. The number of pyridine rings is 1. The highest BCUT2D eigenvalue weighted by molar-refractivity contribution is 7.19. The van der Waals surface area contributed by atoms with Crippen LogP contribution in [0.15, 0.2) is 48.7 Å². The zero-order valence-electron chi connectivity index (χ0n) is 17.9. The molecule has 2 N–H and O–H groups in total. The van der Waals surface area contributed by atoms with Gasteiger partial charge in [-0.05, 0) is 43.3 Å². The van der Waals surface area contributed by atoms with E-state index in [1.165, 1.54) is 62.1 Å². The first-order valence-electron chi connectivity index (χ1n) is 9.76. The number of carbonyl (C=O) groups is 2. The largest absolute Gasteiger partial charge is 0.496 e. The van der Waals surface area contributed by atoms with E-state index < -0.39 is 17.6 Å². The van der Waals surface area contributed by atoms with Crippen LogP contribution in [0.1, 0.15) is 25.7 Å². The first kappa shape index (κ1) is 22.2. The van der Waals surface area contributed by atoms with Gasteiger partial charge in [-0.3, -0.25) is 9.59 Å². The van der Waals surface area contributed by atoms with Crippen LogP contribution in [0.2, 0.25) is 0 Å². The summed E-state index contributed by atoms with van der Waals surface area (Å²) in [7, 11) is 2.89. The molecule has 2 heterocycles. The molecule has 0 unspecified atom stereocenters. The molecule has 0 saturated carbocycles. The van der Waals surface area contributed by atoms with Gasteiger partial charge in [0.1, 0.15) is 17.1 Å². The number of benzene rings is 2. The molecule has 2 amide bonds. The molecular weight excluding hydrogens is 447 g/mol. The maximum atomic E-state index is 13.3. The molecule has 33 heavy (non-hydrogen) atoms. The molecule has 2 aromatic carbocycles. The number of aromatic nitrogens is 2. The van der Waals surface area contributed by atoms with Crippen LogP contribution in [0.4, 0.5) is 15.8 Å². The van der Waals surface area contributed by atoms with Crippen molar-refractivity contribution in [2.75, 3.05) is 24.9 Å². The van der Waals surface area contributed by atoms with Gasteiger partial charge in [0.15, 0.2) is 0 Å². The van der Waals surface area contributed by atoms with Crippen LogP contribution in [0.25, 0.3) is 10.2 Å². The number of carbonyl (C=O) groups excluding carboxylic acids is 2. The highest BCUT2D eigenvalue weighted by Gasteiger charge is 2.22. The number of rotatable bonds is 6. The third-order valence-electron chi connectivity index (χ3n) is 4.76. The van der Waals surface area contributed by atoms with Gasteiger partial charge in [-0.25, -0.2) is 14.4 Å². The Morgan fingerprint density at radius 3 is 2.45 bits per heavy atom. The van der Waals surface area contributed by atoms with Crippen LogP contribution in [0, 0.1) is 12.7 Å².